The van der Waals surface area contributed by atoms with Crippen LogP contribution in [0.2, 0.25) is 0 Å². The van der Waals surface area contributed by atoms with Crippen molar-refractivity contribution in [3.05, 3.63) is 47.9 Å². The zero-order chi connectivity index (χ0) is 16.2. The predicted molar refractivity (Wildman–Crippen MR) is 82.2 cm³/mol. The van der Waals surface area contributed by atoms with Gasteiger partial charge in [-0.3, -0.25) is 4.79 Å². The molecule has 5 nitrogen and oxygen atoms in total. The van der Waals surface area contributed by atoms with Crippen LogP contribution >= 0.6 is 0 Å². The van der Waals surface area contributed by atoms with E-state index in [1.165, 1.54) is 25.2 Å². The van der Waals surface area contributed by atoms with Crippen LogP contribution in [0, 0.1) is 11.6 Å². The third-order valence-corrected chi connectivity index (χ3v) is 3.78. The average molecular weight is 318 g/mol. The predicted octanol–water partition coefficient (Wildman–Crippen LogP) is 3.36. The number of halogens is 2. The van der Waals surface area contributed by atoms with Crippen molar-refractivity contribution >= 4 is 17.4 Å². The van der Waals surface area contributed by atoms with Gasteiger partial charge in [-0.1, -0.05) is 12.8 Å². The molecule has 1 aromatic heterocycles. The van der Waals surface area contributed by atoms with Gasteiger partial charge in [0.15, 0.2) is 11.6 Å². The maximum absolute atomic E-state index is 13.2. The van der Waals surface area contributed by atoms with Gasteiger partial charge in [0.05, 0.1) is 0 Å². The molecule has 1 saturated carbocycles. The Kier molecular flexibility index (Phi) is 4.45. The first-order valence-corrected chi connectivity index (χ1v) is 7.47. The van der Waals surface area contributed by atoms with E-state index in [4.69, 9.17) is 0 Å². The summed E-state index contributed by atoms with van der Waals surface area (Å²) in [4.78, 5) is 20.2. The van der Waals surface area contributed by atoms with Crippen LogP contribution in [-0.2, 0) is 0 Å². The van der Waals surface area contributed by atoms with E-state index in [9.17, 15) is 13.6 Å². The standard InChI is InChI=1S/C16H16F2N4O/c17-12-6-5-11(7-13(12)18)22-16(23)14-8-15(20-9-19-14)21-10-3-1-2-4-10/h5-10H,1-4H2,(H,22,23)(H,19,20,21). The molecule has 1 amide bonds. The lowest BCUT2D eigenvalue weighted by atomic mass is 10.2. The SMILES string of the molecule is O=C(Nc1ccc(F)c(F)c1)c1cc(NC2CCCC2)ncn1. The monoisotopic (exact) mass is 318 g/mol. The highest BCUT2D eigenvalue weighted by Crippen LogP contribution is 2.21. The summed E-state index contributed by atoms with van der Waals surface area (Å²) in [5.41, 5.74) is 0.322. The van der Waals surface area contributed by atoms with Crippen LogP contribution in [-0.4, -0.2) is 21.9 Å². The Bertz CT molecular complexity index is 717. The molecular formula is C16H16F2N4O. The number of carbonyl (C=O) groups excluding carboxylic acids is 1. The van der Waals surface area contributed by atoms with Gasteiger partial charge in [-0.05, 0) is 25.0 Å². The van der Waals surface area contributed by atoms with Gasteiger partial charge in [0.2, 0.25) is 0 Å². The summed E-state index contributed by atoms with van der Waals surface area (Å²) in [6, 6.07) is 5.08. The lowest BCUT2D eigenvalue weighted by molar-refractivity contribution is 0.102. The summed E-state index contributed by atoms with van der Waals surface area (Å²) < 4.78 is 26.1. The van der Waals surface area contributed by atoms with Crippen LogP contribution in [0.15, 0.2) is 30.6 Å². The molecule has 0 unspecified atom stereocenters. The molecule has 120 valence electrons. The maximum Gasteiger partial charge on any atom is 0.274 e. The van der Waals surface area contributed by atoms with E-state index >= 15 is 0 Å². The second-order valence-electron chi connectivity index (χ2n) is 5.50. The van der Waals surface area contributed by atoms with E-state index in [1.807, 2.05) is 0 Å². The normalized spacial score (nSPS) is 14.7. The largest absolute Gasteiger partial charge is 0.367 e. The number of amides is 1. The summed E-state index contributed by atoms with van der Waals surface area (Å²) in [5.74, 6) is -1.91. The Morgan fingerprint density at radius 1 is 1.09 bits per heavy atom. The van der Waals surface area contributed by atoms with Crippen LogP contribution in [0.1, 0.15) is 36.2 Å². The molecule has 1 fully saturated rings. The lowest BCUT2D eigenvalue weighted by Gasteiger charge is -2.12. The Morgan fingerprint density at radius 2 is 1.87 bits per heavy atom. The van der Waals surface area contributed by atoms with Gasteiger partial charge >= 0.3 is 0 Å². The van der Waals surface area contributed by atoms with Crippen molar-refractivity contribution in [3.63, 3.8) is 0 Å². The molecular weight excluding hydrogens is 302 g/mol. The molecule has 0 saturated heterocycles. The Hall–Kier alpha value is -2.57. The second kappa shape index (κ2) is 6.68. The highest BCUT2D eigenvalue weighted by atomic mass is 19.2. The van der Waals surface area contributed by atoms with E-state index in [0.29, 0.717) is 11.9 Å². The fourth-order valence-electron chi connectivity index (χ4n) is 2.61. The molecule has 23 heavy (non-hydrogen) atoms. The number of anilines is 2. The molecule has 0 spiro atoms. The van der Waals surface area contributed by atoms with Crippen LogP contribution in [0.25, 0.3) is 0 Å². The van der Waals surface area contributed by atoms with Crippen LogP contribution in [0.4, 0.5) is 20.3 Å². The minimum atomic E-state index is -1.02. The third-order valence-electron chi connectivity index (χ3n) is 3.78. The Morgan fingerprint density at radius 3 is 2.61 bits per heavy atom. The zero-order valence-corrected chi connectivity index (χ0v) is 12.4. The summed E-state index contributed by atoms with van der Waals surface area (Å²) in [6.45, 7) is 0. The van der Waals surface area contributed by atoms with Crippen LogP contribution < -0.4 is 10.6 Å². The highest BCUT2D eigenvalue weighted by Gasteiger charge is 2.16. The molecule has 1 aliphatic rings. The first kappa shape index (κ1) is 15.3. The topological polar surface area (TPSA) is 66.9 Å². The molecule has 0 radical (unpaired) electrons. The number of carbonyl (C=O) groups is 1. The molecule has 1 aliphatic carbocycles. The fourth-order valence-corrected chi connectivity index (χ4v) is 2.61. The number of aromatic nitrogens is 2. The lowest BCUT2D eigenvalue weighted by Crippen LogP contribution is -2.18. The van der Waals surface area contributed by atoms with Crippen molar-refractivity contribution < 1.29 is 13.6 Å². The van der Waals surface area contributed by atoms with E-state index in [-0.39, 0.29) is 11.4 Å². The van der Waals surface area contributed by atoms with Crippen molar-refractivity contribution in [2.45, 2.75) is 31.7 Å². The summed E-state index contributed by atoms with van der Waals surface area (Å²) in [6.07, 6.45) is 5.84. The van der Waals surface area contributed by atoms with E-state index in [2.05, 4.69) is 20.6 Å². The van der Waals surface area contributed by atoms with Crippen molar-refractivity contribution in [2.24, 2.45) is 0 Å². The Labute approximate surface area is 132 Å². The first-order valence-electron chi connectivity index (χ1n) is 7.47. The fraction of sp³-hybridized carbons (Fsp3) is 0.312. The third kappa shape index (κ3) is 3.80. The smallest absolute Gasteiger partial charge is 0.274 e. The molecule has 0 aliphatic heterocycles. The summed E-state index contributed by atoms with van der Waals surface area (Å²) in [7, 11) is 0. The van der Waals surface area contributed by atoms with Gasteiger partial charge in [0.1, 0.15) is 17.8 Å². The van der Waals surface area contributed by atoms with Gasteiger partial charge in [-0.25, -0.2) is 18.7 Å². The molecule has 3 rings (SSSR count). The van der Waals surface area contributed by atoms with Crippen molar-refractivity contribution in [1.29, 1.82) is 0 Å². The molecule has 0 bridgehead atoms. The number of nitrogens with zero attached hydrogens (tertiary/aromatic N) is 2. The van der Waals surface area contributed by atoms with E-state index in [1.54, 1.807) is 6.07 Å². The maximum atomic E-state index is 13.2. The number of hydrogen-bond acceptors (Lipinski definition) is 4. The molecule has 0 atom stereocenters. The highest BCUT2D eigenvalue weighted by molar-refractivity contribution is 6.03. The minimum absolute atomic E-state index is 0.158. The molecule has 1 aromatic carbocycles. The van der Waals surface area contributed by atoms with E-state index in [0.717, 1.165) is 25.0 Å². The zero-order valence-electron chi connectivity index (χ0n) is 12.4. The quantitative estimate of drug-likeness (QED) is 0.907. The summed E-state index contributed by atoms with van der Waals surface area (Å²) in [5, 5.41) is 5.76. The Balaban J connectivity index is 1.70. The number of nitrogens with one attached hydrogen (secondary N) is 2. The number of hydrogen-bond donors (Lipinski definition) is 2. The molecule has 2 N–H and O–H groups in total. The number of rotatable bonds is 4. The first-order chi connectivity index (χ1) is 11.1. The van der Waals surface area contributed by atoms with Crippen LogP contribution in [0.3, 0.4) is 0 Å². The molecule has 1 heterocycles. The minimum Gasteiger partial charge on any atom is -0.367 e. The van der Waals surface area contributed by atoms with Crippen molar-refractivity contribution in [1.82, 2.24) is 9.97 Å². The molecule has 2 aromatic rings. The molecule has 7 heteroatoms. The van der Waals surface area contributed by atoms with Crippen molar-refractivity contribution in [3.8, 4) is 0 Å². The second-order valence-corrected chi connectivity index (χ2v) is 5.50. The van der Waals surface area contributed by atoms with Gasteiger partial charge in [0.25, 0.3) is 5.91 Å². The van der Waals surface area contributed by atoms with Gasteiger partial charge in [-0.15, -0.1) is 0 Å². The van der Waals surface area contributed by atoms with E-state index < -0.39 is 17.5 Å². The van der Waals surface area contributed by atoms with Gasteiger partial charge < -0.3 is 10.6 Å². The van der Waals surface area contributed by atoms with Gasteiger partial charge in [0, 0.05) is 23.9 Å². The van der Waals surface area contributed by atoms with Gasteiger partial charge in [-0.2, -0.15) is 0 Å². The summed E-state index contributed by atoms with van der Waals surface area (Å²) >= 11 is 0. The number of benzene rings is 1. The van der Waals surface area contributed by atoms with Crippen molar-refractivity contribution in [2.75, 3.05) is 10.6 Å². The van der Waals surface area contributed by atoms with Crippen LogP contribution in [0.5, 0.6) is 0 Å². The average Bonchev–Trinajstić information content (AvgIpc) is 3.04.